The Labute approximate surface area is 186 Å². The summed E-state index contributed by atoms with van der Waals surface area (Å²) in [6.07, 6.45) is -8.10. The van der Waals surface area contributed by atoms with Gasteiger partial charge in [0.25, 0.3) is 5.91 Å². The van der Waals surface area contributed by atoms with Gasteiger partial charge < -0.3 is 5.32 Å². The molecule has 0 spiro atoms. The third-order valence-corrected chi connectivity index (χ3v) is 8.40. The summed E-state index contributed by atoms with van der Waals surface area (Å²) >= 11 is 0. The number of halogens is 6. The number of sulfone groups is 1. The number of alkyl halides is 6. The van der Waals surface area contributed by atoms with E-state index in [-0.39, 0.29) is 31.4 Å². The smallest absolute Gasteiger partial charge is 0.348 e. The highest BCUT2D eigenvalue weighted by Crippen LogP contribution is 2.40. The molecule has 5 nitrogen and oxygen atoms in total. The molecule has 3 rings (SSSR count). The first-order valence-electron chi connectivity index (χ1n) is 9.89. The van der Waals surface area contributed by atoms with E-state index >= 15 is 0 Å². The number of nitrogens with one attached hydrogen (secondary N) is 1. The Kier molecular flexibility index (Phi) is 6.53. The van der Waals surface area contributed by atoms with E-state index in [1.807, 2.05) is 0 Å². The van der Waals surface area contributed by atoms with Crippen molar-refractivity contribution in [2.45, 2.75) is 60.6 Å². The largest absolute Gasteiger partial charge is 0.417 e. The molecule has 33 heavy (non-hydrogen) atoms. The van der Waals surface area contributed by atoms with Crippen LogP contribution in [0.5, 0.6) is 0 Å². The number of carbonyl (C=O) groups is 1. The Morgan fingerprint density at radius 1 is 1.00 bits per heavy atom. The number of carbonyl (C=O) groups excluding carboxylic acids is 1. The SMILES string of the molecule is CC1(S(=O)(=O)c2cccc(C(F)(F)F)c2)CCC(NC(=O)c2ccc(C(F)(F)F)cn2)CC1. The Morgan fingerprint density at radius 3 is 2.12 bits per heavy atom. The summed E-state index contributed by atoms with van der Waals surface area (Å²) in [5, 5.41) is 2.63. The molecule has 1 N–H and O–H groups in total. The maximum Gasteiger partial charge on any atom is 0.417 e. The van der Waals surface area contributed by atoms with Crippen molar-refractivity contribution in [2.75, 3.05) is 0 Å². The van der Waals surface area contributed by atoms with Crippen LogP contribution >= 0.6 is 0 Å². The first kappa shape index (κ1) is 25.0. The zero-order valence-electron chi connectivity index (χ0n) is 17.3. The van der Waals surface area contributed by atoms with Crippen LogP contribution < -0.4 is 5.32 Å². The molecule has 180 valence electrons. The summed E-state index contributed by atoms with van der Waals surface area (Å²) in [5.41, 5.74) is -2.27. The van der Waals surface area contributed by atoms with Crippen molar-refractivity contribution >= 4 is 15.7 Å². The van der Waals surface area contributed by atoms with Gasteiger partial charge in [-0.25, -0.2) is 8.42 Å². The summed E-state index contributed by atoms with van der Waals surface area (Å²) in [5.74, 6) is -0.696. The van der Waals surface area contributed by atoms with E-state index in [1.165, 1.54) is 6.92 Å². The van der Waals surface area contributed by atoms with E-state index in [4.69, 9.17) is 0 Å². The predicted molar refractivity (Wildman–Crippen MR) is 106 cm³/mol. The summed E-state index contributed by atoms with van der Waals surface area (Å²) in [6.45, 7) is 1.46. The number of hydrogen-bond donors (Lipinski definition) is 1. The lowest BCUT2D eigenvalue weighted by Crippen LogP contribution is -2.46. The van der Waals surface area contributed by atoms with Gasteiger partial charge in [-0.15, -0.1) is 0 Å². The fourth-order valence-corrected chi connectivity index (χ4v) is 5.60. The Bertz CT molecular complexity index is 1120. The van der Waals surface area contributed by atoms with Crippen molar-refractivity contribution in [3.63, 3.8) is 0 Å². The molecule has 12 heteroatoms. The molecule has 0 radical (unpaired) electrons. The fraction of sp³-hybridized carbons (Fsp3) is 0.429. The van der Waals surface area contributed by atoms with Crippen LogP contribution in [0.2, 0.25) is 0 Å². The summed E-state index contributed by atoms with van der Waals surface area (Å²) in [6, 6.07) is 4.81. The minimum atomic E-state index is -4.68. The first-order chi connectivity index (χ1) is 15.1. The van der Waals surface area contributed by atoms with Crippen LogP contribution in [-0.4, -0.2) is 30.1 Å². The number of amides is 1. The maximum absolute atomic E-state index is 13.1. The highest BCUT2D eigenvalue weighted by Gasteiger charge is 2.44. The zero-order valence-corrected chi connectivity index (χ0v) is 18.1. The second kappa shape index (κ2) is 8.62. The Balaban J connectivity index is 1.67. The van der Waals surface area contributed by atoms with Gasteiger partial charge in [-0.3, -0.25) is 9.78 Å². The van der Waals surface area contributed by atoms with Gasteiger partial charge in [0.1, 0.15) is 5.69 Å². The second-order valence-electron chi connectivity index (χ2n) is 8.16. The highest BCUT2D eigenvalue weighted by atomic mass is 32.2. The lowest BCUT2D eigenvalue weighted by atomic mass is 9.86. The molecule has 1 aromatic heterocycles. The van der Waals surface area contributed by atoms with Crippen molar-refractivity contribution in [3.8, 4) is 0 Å². The zero-order chi connectivity index (χ0) is 24.7. The van der Waals surface area contributed by atoms with Gasteiger partial charge in [0.2, 0.25) is 0 Å². The monoisotopic (exact) mass is 494 g/mol. The summed E-state index contributed by atoms with van der Waals surface area (Å²) in [4.78, 5) is 15.4. The normalized spacial score (nSPS) is 22.1. The van der Waals surface area contributed by atoms with Crippen molar-refractivity contribution < 1.29 is 39.6 Å². The quantitative estimate of drug-likeness (QED) is 0.606. The fourth-order valence-electron chi connectivity index (χ4n) is 3.72. The van der Waals surface area contributed by atoms with Gasteiger partial charge >= 0.3 is 12.4 Å². The molecule has 1 saturated carbocycles. The average Bonchev–Trinajstić information content (AvgIpc) is 2.74. The van der Waals surface area contributed by atoms with Gasteiger partial charge in [-0.1, -0.05) is 6.07 Å². The van der Waals surface area contributed by atoms with E-state index in [1.54, 1.807) is 0 Å². The maximum atomic E-state index is 13.1. The van der Waals surface area contributed by atoms with Gasteiger partial charge in [0, 0.05) is 12.2 Å². The van der Waals surface area contributed by atoms with E-state index in [0.29, 0.717) is 12.3 Å². The van der Waals surface area contributed by atoms with Crippen LogP contribution in [0.4, 0.5) is 26.3 Å². The number of nitrogens with zero attached hydrogens (tertiary/aromatic N) is 1. The minimum Gasteiger partial charge on any atom is -0.348 e. The van der Waals surface area contributed by atoms with E-state index in [0.717, 1.165) is 30.3 Å². The molecular weight excluding hydrogens is 474 g/mol. The lowest BCUT2D eigenvalue weighted by molar-refractivity contribution is -0.138. The van der Waals surface area contributed by atoms with Gasteiger partial charge in [-0.2, -0.15) is 26.3 Å². The second-order valence-corrected chi connectivity index (χ2v) is 10.6. The number of pyridine rings is 1. The van der Waals surface area contributed by atoms with Crippen LogP contribution in [0.1, 0.15) is 54.2 Å². The van der Waals surface area contributed by atoms with E-state index in [2.05, 4.69) is 10.3 Å². The number of rotatable bonds is 4. The molecule has 0 bridgehead atoms. The van der Waals surface area contributed by atoms with Crippen LogP contribution in [0.15, 0.2) is 47.5 Å². The average molecular weight is 494 g/mol. The molecule has 1 fully saturated rings. The van der Waals surface area contributed by atoms with E-state index in [9.17, 15) is 39.6 Å². The van der Waals surface area contributed by atoms with Gasteiger partial charge in [-0.05, 0) is 62.9 Å². The standard InChI is InChI=1S/C21H20F6N2O3S/c1-19(33(31,32)16-4-2-3-13(11-16)20(22,23)24)9-7-15(8-10-19)29-18(30)17-6-5-14(12-28-17)21(25,26)27/h2-6,11-12,15H,7-10H2,1H3,(H,29,30). The Morgan fingerprint density at radius 2 is 1.61 bits per heavy atom. The molecular formula is C21H20F6N2O3S. The summed E-state index contributed by atoms with van der Waals surface area (Å²) < 4.78 is 102. The number of hydrogen-bond acceptors (Lipinski definition) is 4. The number of benzene rings is 1. The molecule has 0 saturated heterocycles. The van der Waals surface area contributed by atoms with Gasteiger partial charge in [0.05, 0.1) is 20.8 Å². The van der Waals surface area contributed by atoms with Crippen LogP contribution in [0, 0.1) is 0 Å². The number of aromatic nitrogens is 1. The molecule has 1 aliphatic rings. The third kappa shape index (κ3) is 5.31. The molecule has 0 atom stereocenters. The van der Waals surface area contributed by atoms with Crippen molar-refractivity contribution in [1.82, 2.24) is 10.3 Å². The minimum absolute atomic E-state index is 0.0803. The van der Waals surface area contributed by atoms with Crippen LogP contribution in [0.25, 0.3) is 0 Å². The van der Waals surface area contributed by atoms with Crippen molar-refractivity contribution in [2.24, 2.45) is 0 Å². The van der Waals surface area contributed by atoms with Crippen LogP contribution in [-0.2, 0) is 22.2 Å². The topological polar surface area (TPSA) is 76.1 Å². The summed E-state index contributed by atoms with van der Waals surface area (Å²) in [7, 11) is -4.10. The van der Waals surface area contributed by atoms with Crippen molar-refractivity contribution in [1.29, 1.82) is 0 Å². The highest BCUT2D eigenvalue weighted by molar-refractivity contribution is 7.92. The molecule has 1 amide bonds. The molecule has 1 aromatic carbocycles. The third-order valence-electron chi connectivity index (χ3n) is 5.82. The van der Waals surface area contributed by atoms with Crippen molar-refractivity contribution in [3.05, 3.63) is 59.4 Å². The predicted octanol–water partition coefficient (Wildman–Crippen LogP) is 5.02. The molecule has 1 aliphatic carbocycles. The first-order valence-corrected chi connectivity index (χ1v) is 11.4. The van der Waals surface area contributed by atoms with E-state index < -0.39 is 54.9 Å². The van der Waals surface area contributed by atoms with Crippen LogP contribution in [0.3, 0.4) is 0 Å². The molecule has 0 unspecified atom stereocenters. The Hall–Kier alpha value is -2.63. The molecule has 2 aromatic rings. The molecule has 1 heterocycles. The lowest BCUT2D eigenvalue weighted by Gasteiger charge is -2.37. The molecule has 0 aliphatic heterocycles. The van der Waals surface area contributed by atoms with Gasteiger partial charge in [0.15, 0.2) is 9.84 Å².